The van der Waals surface area contributed by atoms with Crippen molar-refractivity contribution in [2.24, 2.45) is 7.05 Å². The SMILES string of the molecule is Cn1ccc2cc(C3(C(F)(F)F)CC3)ccc21. The first-order valence-corrected chi connectivity index (χ1v) is 5.56. The summed E-state index contributed by atoms with van der Waals surface area (Å²) in [6.45, 7) is 0. The van der Waals surface area contributed by atoms with Crippen molar-refractivity contribution in [3.05, 3.63) is 36.0 Å². The predicted octanol–water partition coefficient (Wildman–Crippen LogP) is 3.77. The lowest BCUT2D eigenvalue weighted by Gasteiger charge is -2.19. The number of aryl methyl sites for hydroxylation is 1. The Bertz CT molecular complexity index is 576. The van der Waals surface area contributed by atoms with Gasteiger partial charge in [0.2, 0.25) is 0 Å². The third-order valence-electron chi connectivity index (χ3n) is 3.73. The highest BCUT2D eigenvalue weighted by atomic mass is 19.4. The van der Waals surface area contributed by atoms with Crippen LogP contribution in [0, 0.1) is 0 Å². The number of hydrogen-bond acceptors (Lipinski definition) is 0. The molecule has 17 heavy (non-hydrogen) atoms. The van der Waals surface area contributed by atoms with Gasteiger partial charge in [-0.25, -0.2) is 0 Å². The Morgan fingerprint density at radius 1 is 1.18 bits per heavy atom. The van der Waals surface area contributed by atoms with E-state index >= 15 is 0 Å². The fourth-order valence-corrected chi connectivity index (χ4v) is 2.44. The number of alkyl halides is 3. The van der Waals surface area contributed by atoms with E-state index < -0.39 is 11.6 Å². The Labute approximate surface area is 96.8 Å². The molecule has 0 atom stereocenters. The topological polar surface area (TPSA) is 4.93 Å². The van der Waals surface area contributed by atoms with Crippen molar-refractivity contribution in [2.45, 2.75) is 24.4 Å². The van der Waals surface area contributed by atoms with Crippen LogP contribution in [0.2, 0.25) is 0 Å². The summed E-state index contributed by atoms with van der Waals surface area (Å²) in [6, 6.07) is 6.92. The van der Waals surface area contributed by atoms with Gasteiger partial charge >= 0.3 is 6.18 Å². The summed E-state index contributed by atoms with van der Waals surface area (Å²) in [5.74, 6) is 0. The maximum Gasteiger partial charge on any atom is 0.398 e. The maximum absolute atomic E-state index is 13.0. The third-order valence-corrected chi connectivity index (χ3v) is 3.73. The van der Waals surface area contributed by atoms with Crippen LogP contribution in [0.4, 0.5) is 13.2 Å². The van der Waals surface area contributed by atoms with Gasteiger partial charge in [0.15, 0.2) is 0 Å². The lowest BCUT2D eigenvalue weighted by molar-refractivity contribution is -0.160. The first-order chi connectivity index (χ1) is 7.94. The molecule has 0 unspecified atom stereocenters. The normalized spacial score (nSPS) is 18.6. The van der Waals surface area contributed by atoms with Crippen molar-refractivity contribution in [1.29, 1.82) is 0 Å². The van der Waals surface area contributed by atoms with Crippen molar-refractivity contribution in [1.82, 2.24) is 4.57 Å². The quantitative estimate of drug-likeness (QED) is 0.713. The molecule has 1 saturated carbocycles. The molecule has 2 aromatic rings. The van der Waals surface area contributed by atoms with Crippen molar-refractivity contribution >= 4 is 10.9 Å². The number of rotatable bonds is 1. The van der Waals surface area contributed by atoms with Gasteiger partial charge in [-0.2, -0.15) is 13.2 Å². The van der Waals surface area contributed by atoms with Crippen molar-refractivity contribution in [3.8, 4) is 0 Å². The van der Waals surface area contributed by atoms with E-state index in [0.29, 0.717) is 5.56 Å². The monoisotopic (exact) mass is 239 g/mol. The fourth-order valence-electron chi connectivity index (χ4n) is 2.44. The molecule has 1 fully saturated rings. The Morgan fingerprint density at radius 2 is 1.88 bits per heavy atom. The maximum atomic E-state index is 13.0. The molecule has 3 rings (SSSR count). The Morgan fingerprint density at radius 3 is 2.47 bits per heavy atom. The number of benzene rings is 1. The van der Waals surface area contributed by atoms with Crippen LogP contribution in [0.3, 0.4) is 0 Å². The minimum Gasteiger partial charge on any atom is -0.351 e. The van der Waals surface area contributed by atoms with Gasteiger partial charge in [-0.15, -0.1) is 0 Å². The molecule has 1 nitrogen and oxygen atoms in total. The Balaban J connectivity index is 2.13. The van der Waals surface area contributed by atoms with Crippen LogP contribution in [0.25, 0.3) is 10.9 Å². The zero-order valence-electron chi connectivity index (χ0n) is 9.38. The lowest BCUT2D eigenvalue weighted by atomic mass is 9.94. The molecular formula is C13H12F3N. The van der Waals surface area contributed by atoms with Crippen LogP contribution in [0.15, 0.2) is 30.5 Å². The van der Waals surface area contributed by atoms with Gasteiger partial charge in [-0.05, 0) is 42.0 Å². The second-order valence-corrected chi connectivity index (χ2v) is 4.78. The van der Waals surface area contributed by atoms with Crippen molar-refractivity contribution in [3.63, 3.8) is 0 Å². The first-order valence-electron chi connectivity index (χ1n) is 5.56. The second-order valence-electron chi connectivity index (χ2n) is 4.78. The molecule has 1 aliphatic rings. The van der Waals surface area contributed by atoms with Crippen molar-refractivity contribution < 1.29 is 13.2 Å². The van der Waals surface area contributed by atoms with Gasteiger partial charge in [-0.3, -0.25) is 0 Å². The van der Waals surface area contributed by atoms with Crippen LogP contribution in [0.5, 0.6) is 0 Å². The molecule has 0 aliphatic heterocycles. The number of hydrogen-bond donors (Lipinski definition) is 0. The first kappa shape index (κ1) is 10.7. The van der Waals surface area contributed by atoms with E-state index in [9.17, 15) is 13.2 Å². The molecule has 0 amide bonds. The van der Waals surface area contributed by atoms with Crippen LogP contribution in [-0.2, 0) is 12.5 Å². The van der Waals surface area contributed by atoms with E-state index in [2.05, 4.69) is 0 Å². The molecule has 0 spiro atoms. The summed E-state index contributed by atoms with van der Waals surface area (Å²) < 4.78 is 40.9. The van der Waals surface area contributed by atoms with E-state index in [-0.39, 0.29) is 12.8 Å². The lowest BCUT2D eigenvalue weighted by Crippen LogP contribution is -2.28. The molecule has 1 aliphatic carbocycles. The molecule has 1 heterocycles. The van der Waals surface area contributed by atoms with E-state index in [0.717, 1.165) is 10.9 Å². The molecule has 0 bridgehead atoms. The van der Waals surface area contributed by atoms with Crippen LogP contribution >= 0.6 is 0 Å². The molecule has 4 heteroatoms. The van der Waals surface area contributed by atoms with Gasteiger partial charge in [0.25, 0.3) is 0 Å². The van der Waals surface area contributed by atoms with Gasteiger partial charge < -0.3 is 4.57 Å². The summed E-state index contributed by atoms with van der Waals surface area (Å²) in [7, 11) is 1.89. The number of halogens is 3. The highest BCUT2D eigenvalue weighted by molar-refractivity contribution is 5.81. The molecule has 0 radical (unpaired) electrons. The van der Waals surface area contributed by atoms with Crippen LogP contribution < -0.4 is 0 Å². The number of nitrogens with zero attached hydrogens (tertiary/aromatic N) is 1. The summed E-state index contributed by atoms with van der Waals surface area (Å²) >= 11 is 0. The average Bonchev–Trinajstić information content (AvgIpc) is 3.00. The summed E-state index contributed by atoms with van der Waals surface area (Å²) in [6.07, 6.45) is -1.83. The second kappa shape index (κ2) is 3.06. The molecule has 90 valence electrons. The van der Waals surface area contributed by atoms with Crippen LogP contribution in [0.1, 0.15) is 18.4 Å². The van der Waals surface area contributed by atoms with Gasteiger partial charge in [0.05, 0.1) is 5.41 Å². The molecule has 0 N–H and O–H groups in total. The zero-order chi connectivity index (χ0) is 12.3. The molecular weight excluding hydrogens is 227 g/mol. The van der Waals surface area contributed by atoms with Crippen LogP contribution in [-0.4, -0.2) is 10.7 Å². The third kappa shape index (κ3) is 1.39. The minimum absolute atomic E-state index is 0.217. The van der Waals surface area contributed by atoms with Gasteiger partial charge in [0.1, 0.15) is 0 Å². The van der Waals surface area contributed by atoms with E-state index in [1.807, 2.05) is 23.9 Å². The summed E-state index contributed by atoms with van der Waals surface area (Å²) in [4.78, 5) is 0. The molecule has 0 saturated heterocycles. The van der Waals surface area contributed by atoms with Crippen molar-refractivity contribution in [2.75, 3.05) is 0 Å². The number of fused-ring (bicyclic) bond motifs is 1. The highest BCUT2D eigenvalue weighted by Gasteiger charge is 2.64. The summed E-state index contributed by atoms with van der Waals surface area (Å²) in [5.41, 5.74) is -0.202. The molecule has 1 aromatic heterocycles. The fraction of sp³-hybridized carbons (Fsp3) is 0.385. The van der Waals surface area contributed by atoms with E-state index in [4.69, 9.17) is 0 Å². The zero-order valence-corrected chi connectivity index (χ0v) is 9.38. The number of aromatic nitrogens is 1. The van der Waals surface area contributed by atoms with E-state index in [1.165, 1.54) is 0 Å². The molecule has 1 aromatic carbocycles. The largest absolute Gasteiger partial charge is 0.398 e. The van der Waals surface area contributed by atoms with Gasteiger partial charge in [-0.1, -0.05) is 6.07 Å². The average molecular weight is 239 g/mol. The van der Waals surface area contributed by atoms with Gasteiger partial charge in [0, 0.05) is 18.8 Å². The smallest absolute Gasteiger partial charge is 0.351 e. The standard InChI is InChI=1S/C13H12F3N/c1-17-7-4-9-8-10(2-3-11(9)17)12(5-6-12)13(14,15)16/h2-4,7-8H,5-6H2,1H3. The van der Waals surface area contributed by atoms with E-state index in [1.54, 1.807) is 18.2 Å². The summed E-state index contributed by atoms with van der Waals surface area (Å²) in [5, 5.41) is 0.875. The minimum atomic E-state index is -4.13. The predicted molar refractivity (Wildman–Crippen MR) is 59.9 cm³/mol. The Kier molecular flexibility index (Phi) is 1.92. The highest BCUT2D eigenvalue weighted by Crippen LogP contribution is 2.59. The Hall–Kier alpha value is -1.45.